The van der Waals surface area contributed by atoms with E-state index in [2.05, 4.69) is 15.6 Å². The third-order valence-electron chi connectivity index (χ3n) is 2.96. The van der Waals surface area contributed by atoms with Crippen LogP contribution in [-0.2, 0) is 4.79 Å². The summed E-state index contributed by atoms with van der Waals surface area (Å²) in [5, 5.41) is 6.44. The zero-order valence-electron chi connectivity index (χ0n) is 10.6. The predicted octanol–water partition coefficient (Wildman–Crippen LogP) is 1.16. The number of amides is 2. The molecule has 2 rings (SSSR count). The summed E-state index contributed by atoms with van der Waals surface area (Å²) >= 11 is 1.49. The summed E-state index contributed by atoms with van der Waals surface area (Å²) in [4.78, 5) is 28.9. The van der Waals surface area contributed by atoms with Gasteiger partial charge in [0.05, 0.1) is 5.01 Å². The monoisotopic (exact) mass is 267 g/mol. The SMILES string of the molecule is Cc1nc(C(=O)NC2CCCCNC2=O)c(C)s1. The molecule has 1 aliphatic heterocycles. The molecule has 98 valence electrons. The highest BCUT2D eigenvalue weighted by Gasteiger charge is 2.24. The van der Waals surface area contributed by atoms with Gasteiger partial charge in [-0.3, -0.25) is 9.59 Å². The molecule has 0 spiro atoms. The van der Waals surface area contributed by atoms with Gasteiger partial charge in [-0.25, -0.2) is 4.98 Å². The molecular formula is C12H17N3O2S. The van der Waals surface area contributed by atoms with Crippen LogP contribution in [0.3, 0.4) is 0 Å². The predicted molar refractivity (Wildman–Crippen MR) is 69.7 cm³/mol. The highest BCUT2D eigenvalue weighted by molar-refractivity contribution is 7.11. The Bertz CT molecular complexity index is 470. The average Bonchev–Trinajstić information content (AvgIpc) is 2.52. The van der Waals surface area contributed by atoms with Crippen molar-refractivity contribution < 1.29 is 9.59 Å². The van der Waals surface area contributed by atoms with E-state index in [-0.39, 0.29) is 11.8 Å². The molecule has 2 amide bonds. The zero-order valence-corrected chi connectivity index (χ0v) is 11.4. The first kappa shape index (κ1) is 13.0. The fraction of sp³-hybridized carbons (Fsp3) is 0.583. The first-order valence-corrected chi connectivity index (χ1v) is 6.92. The lowest BCUT2D eigenvalue weighted by molar-refractivity contribution is -0.122. The molecule has 0 aliphatic carbocycles. The minimum atomic E-state index is -0.429. The molecule has 1 aromatic rings. The Balaban J connectivity index is 2.06. The molecule has 18 heavy (non-hydrogen) atoms. The number of aromatic nitrogens is 1. The number of rotatable bonds is 2. The van der Waals surface area contributed by atoms with E-state index in [0.717, 1.165) is 22.7 Å². The van der Waals surface area contributed by atoms with Gasteiger partial charge < -0.3 is 10.6 Å². The quantitative estimate of drug-likeness (QED) is 0.844. The van der Waals surface area contributed by atoms with E-state index >= 15 is 0 Å². The first-order valence-electron chi connectivity index (χ1n) is 6.10. The second-order valence-corrected chi connectivity index (χ2v) is 5.86. The van der Waals surface area contributed by atoms with E-state index in [9.17, 15) is 9.59 Å². The topological polar surface area (TPSA) is 71.1 Å². The minimum absolute atomic E-state index is 0.0922. The normalized spacial score (nSPS) is 20.1. The van der Waals surface area contributed by atoms with Gasteiger partial charge in [0.15, 0.2) is 0 Å². The summed E-state index contributed by atoms with van der Waals surface area (Å²) in [6.45, 7) is 4.43. The lowest BCUT2D eigenvalue weighted by atomic mass is 10.1. The molecule has 1 atom stereocenters. The Morgan fingerprint density at radius 1 is 1.44 bits per heavy atom. The number of carbonyl (C=O) groups excluding carboxylic acids is 2. The molecule has 6 heteroatoms. The van der Waals surface area contributed by atoms with E-state index in [1.807, 2.05) is 13.8 Å². The fourth-order valence-corrected chi connectivity index (χ4v) is 2.86. The average molecular weight is 267 g/mol. The van der Waals surface area contributed by atoms with Crippen LogP contribution in [0.15, 0.2) is 0 Å². The first-order chi connectivity index (χ1) is 8.58. The molecule has 1 saturated heterocycles. The van der Waals surface area contributed by atoms with Crippen molar-refractivity contribution in [1.29, 1.82) is 0 Å². The molecule has 0 radical (unpaired) electrons. The van der Waals surface area contributed by atoms with Crippen molar-refractivity contribution in [3.63, 3.8) is 0 Å². The number of nitrogens with one attached hydrogen (secondary N) is 2. The van der Waals surface area contributed by atoms with Crippen LogP contribution in [0.5, 0.6) is 0 Å². The highest BCUT2D eigenvalue weighted by atomic mass is 32.1. The summed E-state index contributed by atoms with van der Waals surface area (Å²) in [6.07, 6.45) is 2.60. The zero-order chi connectivity index (χ0) is 13.1. The maximum Gasteiger partial charge on any atom is 0.271 e. The van der Waals surface area contributed by atoms with Crippen LogP contribution in [0.25, 0.3) is 0 Å². The van der Waals surface area contributed by atoms with Gasteiger partial charge in [0.25, 0.3) is 5.91 Å². The molecule has 2 N–H and O–H groups in total. The molecule has 1 aromatic heterocycles. The lowest BCUT2D eigenvalue weighted by Gasteiger charge is -2.14. The van der Waals surface area contributed by atoms with Crippen molar-refractivity contribution in [3.05, 3.63) is 15.6 Å². The number of carbonyl (C=O) groups is 2. The van der Waals surface area contributed by atoms with Crippen molar-refractivity contribution in [2.75, 3.05) is 6.54 Å². The molecule has 0 bridgehead atoms. The number of nitrogens with zero attached hydrogens (tertiary/aromatic N) is 1. The summed E-state index contributed by atoms with van der Waals surface area (Å²) in [6, 6.07) is -0.429. The minimum Gasteiger partial charge on any atom is -0.354 e. The molecule has 2 heterocycles. The maximum atomic E-state index is 12.1. The molecule has 1 unspecified atom stereocenters. The summed E-state index contributed by atoms with van der Waals surface area (Å²) < 4.78 is 0. The van der Waals surface area contributed by atoms with Gasteiger partial charge in [0.1, 0.15) is 11.7 Å². The Morgan fingerprint density at radius 2 is 2.22 bits per heavy atom. The largest absolute Gasteiger partial charge is 0.354 e. The number of hydrogen-bond acceptors (Lipinski definition) is 4. The van der Waals surface area contributed by atoms with Gasteiger partial charge in [-0.1, -0.05) is 0 Å². The van der Waals surface area contributed by atoms with Crippen molar-refractivity contribution >= 4 is 23.2 Å². The maximum absolute atomic E-state index is 12.1. The molecule has 0 saturated carbocycles. The molecule has 0 aromatic carbocycles. The lowest BCUT2D eigenvalue weighted by Crippen LogP contribution is -2.45. The van der Waals surface area contributed by atoms with Crippen molar-refractivity contribution in [2.45, 2.75) is 39.2 Å². The van der Waals surface area contributed by atoms with E-state index in [4.69, 9.17) is 0 Å². The number of aryl methyl sites for hydroxylation is 2. The van der Waals surface area contributed by atoms with Crippen molar-refractivity contribution in [3.8, 4) is 0 Å². The van der Waals surface area contributed by atoms with Crippen LogP contribution in [0.1, 0.15) is 39.6 Å². The summed E-state index contributed by atoms with van der Waals surface area (Å²) in [5.41, 5.74) is 0.439. The Labute approximate surface area is 110 Å². The van der Waals surface area contributed by atoms with Gasteiger partial charge >= 0.3 is 0 Å². The van der Waals surface area contributed by atoms with Gasteiger partial charge in [0.2, 0.25) is 5.91 Å². The number of thiazole rings is 1. The second-order valence-electron chi connectivity index (χ2n) is 4.45. The second kappa shape index (κ2) is 5.48. The van der Waals surface area contributed by atoms with Gasteiger partial charge in [0, 0.05) is 11.4 Å². The van der Waals surface area contributed by atoms with E-state index in [1.165, 1.54) is 11.3 Å². The van der Waals surface area contributed by atoms with Gasteiger partial charge in [-0.2, -0.15) is 0 Å². The highest BCUT2D eigenvalue weighted by Crippen LogP contribution is 2.16. The summed E-state index contributed by atoms with van der Waals surface area (Å²) in [7, 11) is 0. The van der Waals surface area contributed by atoms with Crippen molar-refractivity contribution in [2.24, 2.45) is 0 Å². The molecule has 5 nitrogen and oxygen atoms in total. The smallest absolute Gasteiger partial charge is 0.271 e. The van der Waals surface area contributed by atoms with Gasteiger partial charge in [-0.05, 0) is 33.1 Å². The van der Waals surface area contributed by atoms with E-state index in [1.54, 1.807) is 0 Å². The van der Waals surface area contributed by atoms with Gasteiger partial charge in [-0.15, -0.1) is 11.3 Å². The Kier molecular flexibility index (Phi) is 3.96. The van der Waals surface area contributed by atoms with E-state index in [0.29, 0.717) is 18.7 Å². The molecular weight excluding hydrogens is 250 g/mol. The van der Waals surface area contributed by atoms with Crippen LogP contribution >= 0.6 is 11.3 Å². The summed E-state index contributed by atoms with van der Waals surface area (Å²) in [5.74, 6) is -0.343. The van der Waals surface area contributed by atoms with Crippen molar-refractivity contribution in [1.82, 2.24) is 15.6 Å². The third-order valence-corrected chi connectivity index (χ3v) is 3.85. The molecule has 1 aliphatic rings. The van der Waals surface area contributed by atoms with E-state index < -0.39 is 6.04 Å². The molecule has 1 fully saturated rings. The third kappa shape index (κ3) is 2.87. The van der Waals surface area contributed by atoms with Crippen LogP contribution in [0.2, 0.25) is 0 Å². The fourth-order valence-electron chi connectivity index (χ4n) is 2.04. The Hall–Kier alpha value is -1.43. The van der Waals surface area contributed by atoms with Crippen LogP contribution in [0.4, 0.5) is 0 Å². The van der Waals surface area contributed by atoms with Crippen LogP contribution in [0, 0.1) is 13.8 Å². The standard InChI is InChI=1S/C12H17N3O2S/c1-7-10(14-8(2)18-7)12(17)15-9-5-3-4-6-13-11(9)16/h9H,3-6H2,1-2H3,(H,13,16)(H,15,17). The Morgan fingerprint density at radius 3 is 2.89 bits per heavy atom. The van der Waals surface area contributed by atoms with Crippen LogP contribution in [-0.4, -0.2) is 29.4 Å². The van der Waals surface area contributed by atoms with Crippen LogP contribution < -0.4 is 10.6 Å². The number of hydrogen-bond donors (Lipinski definition) is 2.